The molecule has 4 rings (SSSR count). The first-order chi connectivity index (χ1) is 17.7. The van der Waals surface area contributed by atoms with Gasteiger partial charge in [0.2, 0.25) is 0 Å². The van der Waals surface area contributed by atoms with Crippen molar-refractivity contribution in [3.05, 3.63) is 92.5 Å². The molecule has 3 aromatic carbocycles. The van der Waals surface area contributed by atoms with E-state index in [1.807, 2.05) is 19.9 Å². The molecule has 1 aliphatic rings. The summed E-state index contributed by atoms with van der Waals surface area (Å²) in [7, 11) is 1.47. The fourth-order valence-electron chi connectivity index (χ4n) is 3.79. The number of aryl methyl sites for hydroxylation is 2. The van der Waals surface area contributed by atoms with E-state index < -0.39 is 17.8 Å². The molecule has 0 bridgehead atoms. The Hall–Kier alpha value is -4.42. The number of halogens is 1. The molecule has 186 valence electrons. The number of methoxy groups -OCH3 is 1. The summed E-state index contributed by atoms with van der Waals surface area (Å²) < 4.78 is 11.9. The zero-order chi connectivity index (χ0) is 26.7. The van der Waals surface area contributed by atoms with Crippen LogP contribution in [0.15, 0.2) is 64.6 Å². The van der Waals surface area contributed by atoms with Crippen molar-refractivity contribution < 1.29 is 23.9 Å². The molecule has 0 radical (unpaired) electrons. The second kappa shape index (κ2) is 10.7. The van der Waals surface area contributed by atoms with Crippen molar-refractivity contribution in [1.29, 1.82) is 5.26 Å². The number of hydrogen-bond acceptors (Lipinski definition) is 6. The van der Waals surface area contributed by atoms with E-state index in [-0.39, 0.29) is 12.2 Å². The van der Waals surface area contributed by atoms with Gasteiger partial charge in [-0.2, -0.15) is 5.26 Å². The minimum absolute atomic E-state index is 0.132. The van der Waals surface area contributed by atoms with Crippen molar-refractivity contribution in [2.75, 3.05) is 12.0 Å². The van der Waals surface area contributed by atoms with Gasteiger partial charge in [0, 0.05) is 5.56 Å². The fraction of sp³-hybridized carbons (Fsp3) is 0.143. The third kappa shape index (κ3) is 5.25. The molecule has 0 unspecified atom stereocenters. The number of ether oxygens (including phenoxy) is 2. The summed E-state index contributed by atoms with van der Waals surface area (Å²) >= 11 is 3.47. The molecule has 1 heterocycles. The number of rotatable bonds is 6. The lowest BCUT2D eigenvalue weighted by Gasteiger charge is -2.27. The number of imide groups is 2. The zero-order valence-corrected chi connectivity index (χ0v) is 21.9. The molecule has 0 atom stereocenters. The number of amides is 4. The van der Waals surface area contributed by atoms with Gasteiger partial charge in [-0.3, -0.25) is 14.9 Å². The standard InChI is InChI=1S/C28H22BrN3O5/c1-16-8-9-21(10-17(16)2)32-27(34)22(26(33)31-28(32)35)11-18-12-23(29)25(24(13-18)36-3)37-15-20-7-5-4-6-19(20)14-30/h4-13H,15H2,1-3H3,(H,31,33,35)/b22-11+. The van der Waals surface area contributed by atoms with Crippen LogP contribution in [-0.4, -0.2) is 25.0 Å². The Balaban J connectivity index is 1.66. The van der Waals surface area contributed by atoms with E-state index in [0.29, 0.717) is 38.3 Å². The van der Waals surface area contributed by atoms with E-state index in [1.165, 1.54) is 13.2 Å². The molecule has 1 aliphatic heterocycles. The summed E-state index contributed by atoms with van der Waals surface area (Å²) in [5.74, 6) is -0.788. The van der Waals surface area contributed by atoms with Gasteiger partial charge in [0.15, 0.2) is 11.5 Å². The summed E-state index contributed by atoms with van der Waals surface area (Å²) in [5.41, 5.74) is 3.77. The van der Waals surface area contributed by atoms with Gasteiger partial charge in [-0.25, -0.2) is 9.69 Å². The van der Waals surface area contributed by atoms with Crippen molar-refractivity contribution in [2.24, 2.45) is 0 Å². The number of urea groups is 1. The van der Waals surface area contributed by atoms with Crippen LogP contribution in [0.1, 0.15) is 27.8 Å². The molecular formula is C28H22BrN3O5. The average Bonchev–Trinajstić information content (AvgIpc) is 2.87. The molecule has 37 heavy (non-hydrogen) atoms. The lowest BCUT2D eigenvalue weighted by Crippen LogP contribution is -2.54. The quantitative estimate of drug-likeness (QED) is 0.328. The summed E-state index contributed by atoms with van der Waals surface area (Å²) in [6.45, 7) is 3.93. The predicted molar refractivity (Wildman–Crippen MR) is 141 cm³/mol. The van der Waals surface area contributed by atoms with Gasteiger partial charge in [0.1, 0.15) is 12.2 Å². The third-order valence-electron chi connectivity index (χ3n) is 5.92. The molecule has 0 aliphatic carbocycles. The van der Waals surface area contributed by atoms with E-state index in [4.69, 9.17) is 9.47 Å². The normalized spacial score (nSPS) is 14.4. The maximum Gasteiger partial charge on any atom is 0.335 e. The highest BCUT2D eigenvalue weighted by atomic mass is 79.9. The number of nitrogens with one attached hydrogen (secondary N) is 1. The summed E-state index contributed by atoms with van der Waals surface area (Å²) in [6, 6.07) is 16.9. The maximum absolute atomic E-state index is 13.3. The molecule has 4 amide bonds. The Morgan fingerprint density at radius 2 is 1.81 bits per heavy atom. The van der Waals surface area contributed by atoms with E-state index in [0.717, 1.165) is 16.0 Å². The fourth-order valence-corrected chi connectivity index (χ4v) is 4.37. The van der Waals surface area contributed by atoms with Crippen molar-refractivity contribution in [3.8, 4) is 17.6 Å². The molecule has 1 fully saturated rings. The first-order valence-electron chi connectivity index (χ1n) is 11.2. The van der Waals surface area contributed by atoms with Gasteiger partial charge in [0.05, 0.1) is 28.9 Å². The Labute approximate surface area is 222 Å². The Morgan fingerprint density at radius 3 is 2.51 bits per heavy atom. The van der Waals surface area contributed by atoms with E-state index >= 15 is 0 Å². The van der Waals surface area contributed by atoms with Gasteiger partial charge < -0.3 is 9.47 Å². The molecular weight excluding hydrogens is 538 g/mol. The first-order valence-corrected chi connectivity index (χ1v) is 12.0. The SMILES string of the molecule is COc1cc(/C=C2\C(=O)NC(=O)N(c3ccc(C)c(C)c3)C2=O)cc(Br)c1OCc1ccccc1C#N. The van der Waals surface area contributed by atoms with Crippen LogP contribution < -0.4 is 19.7 Å². The van der Waals surface area contributed by atoms with Crippen molar-refractivity contribution in [1.82, 2.24) is 5.32 Å². The monoisotopic (exact) mass is 559 g/mol. The highest BCUT2D eigenvalue weighted by molar-refractivity contribution is 9.10. The topological polar surface area (TPSA) is 109 Å². The van der Waals surface area contributed by atoms with Gasteiger partial charge in [0.25, 0.3) is 11.8 Å². The molecule has 1 N–H and O–H groups in total. The maximum atomic E-state index is 13.3. The number of hydrogen-bond donors (Lipinski definition) is 1. The Kier molecular flexibility index (Phi) is 7.41. The minimum Gasteiger partial charge on any atom is -0.493 e. The van der Waals surface area contributed by atoms with Gasteiger partial charge in [-0.1, -0.05) is 24.3 Å². The molecule has 1 saturated heterocycles. The van der Waals surface area contributed by atoms with Crippen LogP contribution in [0.5, 0.6) is 11.5 Å². The molecule has 0 aromatic heterocycles. The number of nitrogens with zero attached hydrogens (tertiary/aromatic N) is 2. The average molecular weight is 560 g/mol. The van der Waals surface area contributed by atoms with Crippen molar-refractivity contribution in [3.63, 3.8) is 0 Å². The molecule has 9 heteroatoms. The van der Waals surface area contributed by atoms with Gasteiger partial charge >= 0.3 is 6.03 Å². The first kappa shape index (κ1) is 25.7. The Morgan fingerprint density at radius 1 is 1.05 bits per heavy atom. The number of carbonyl (C=O) groups excluding carboxylic acids is 3. The van der Waals surface area contributed by atoms with Crippen LogP contribution >= 0.6 is 15.9 Å². The zero-order valence-electron chi connectivity index (χ0n) is 20.3. The lowest BCUT2D eigenvalue weighted by atomic mass is 10.0. The largest absolute Gasteiger partial charge is 0.493 e. The second-order valence-electron chi connectivity index (χ2n) is 8.32. The van der Waals surface area contributed by atoms with Gasteiger partial charge in [-0.05, 0) is 82.9 Å². The molecule has 3 aromatic rings. The van der Waals surface area contributed by atoms with Crippen LogP contribution in [0, 0.1) is 25.2 Å². The summed E-state index contributed by atoms with van der Waals surface area (Å²) in [6.07, 6.45) is 1.39. The number of nitriles is 1. The van der Waals surface area contributed by atoms with Crippen LogP contribution in [0.3, 0.4) is 0 Å². The van der Waals surface area contributed by atoms with Crippen LogP contribution in [0.25, 0.3) is 6.08 Å². The van der Waals surface area contributed by atoms with Crippen LogP contribution in [0.2, 0.25) is 0 Å². The predicted octanol–water partition coefficient (Wildman–Crippen LogP) is 5.19. The third-order valence-corrected chi connectivity index (χ3v) is 6.51. The highest BCUT2D eigenvalue weighted by Gasteiger charge is 2.37. The highest BCUT2D eigenvalue weighted by Crippen LogP contribution is 2.38. The van der Waals surface area contributed by atoms with E-state index in [9.17, 15) is 19.6 Å². The molecule has 0 saturated carbocycles. The van der Waals surface area contributed by atoms with Crippen LogP contribution in [-0.2, 0) is 16.2 Å². The second-order valence-corrected chi connectivity index (χ2v) is 9.17. The summed E-state index contributed by atoms with van der Waals surface area (Å²) in [5, 5.41) is 11.5. The minimum atomic E-state index is -0.810. The number of carbonyl (C=O) groups is 3. The molecule has 8 nitrogen and oxygen atoms in total. The van der Waals surface area contributed by atoms with E-state index in [2.05, 4.69) is 27.3 Å². The van der Waals surface area contributed by atoms with E-state index in [1.54, 1.807) is 48.5 Å². The molecule has 0 spiro atoms. The van der Waals surface area contributed by atoms with Crippen molar-refractivity contribution in [2.45, 2.75) is 20.5 Å². The van der Waals surface area contributed by atoms with Gasteiger partial charge in [-0.15, -0.1) is 0 Å². The van der Waals surface area contributed by atoms with Crippen LogP contribution in [0.4, 0.5) is 10.5 Å². The van der Waals surface area contributed by atoms with Crippen molar-refractivity contribution >= 4 is 45.5 Å². The number of benzene rings is 3. The Bertz CT molecular complexity index is 1510. The number of barbiturate groups is 1. The summed E-state index contributed by atoms with van der Waals surface area (Å²) in [4.78, 5) is 39.3. The number of anilines is 1. The smallest absolute Gasteiger partial charge is 0.335 e. The lowest BCUT2D eigenvalue weighted by molar-refractivity contribution is -0.122.